The van der Waals surface area contributed by atoms with E-state index < -0.39 is 0 Å². The van der Waals surface area contributed by atoms with E-state index in [1.165, 1.54) is 17.3 Å². The molecule has 1 aliphatic heterocycles. The van der Waals surface area contributed by atoms with Crippen LogP contribution in [-0.4, -0.2) is 24.2 Å². The summed E-state index contributed by atoms with van der Waals surface area (Å²) in [6.07, 6.45) is 0.783. The number of amides is 2. The Bertz CT molecular complexity index is 1040. The van der Waals surface area contributed by atoms with Crippen molar-refractivity contribution in [3.05, 3.63) is 83.9 Å². The first kappa shape index (κ1) is 19.1. The maximum atomic E-state index is 12.7. The Morgan fingerprint density at radius 3 is 2.69 bits per heavy atom. The highest BCUT2D eigenvalue weighted by Gasteiger charge is 2.18. The van der Waals surface area contributed by atoms with Gasteiger partial charge in [-0.3, -0.25) is 9.59 Å². The van der Waals surface area contributed by atoms with Gasteiger partial charge >= 0.3 is 0 Å². The number of carbonyl (C=O) groups excluding carboxylic acids is 2. The van der Waals surface area contributed by atoms with Gasteiger partial charge < -0.3 is 15.4 Å². The number of hydrogen-bond donors (Lipinski definition) is 2. The van der Waals surface area contributed by atoms with E-state index in [-0.39, 0.29) is 11.8 Å². The van der Waals surface area contributed by atoms with Crippen LogP contribution in [0.1, 0.15) is 15.9 Å². The van der Waals surface area contributed by atoms with E-state index in [2.05, 4.69) is 22.8 Å². The first-order valence-electron chi connectivity index (χ1n) is 9.33. The van der Waals surface area contributed by atoms with E-state index in [0.29, 0.717) is 35.0 Å². The van der Waals surface area contributed by atoms with Gasteiger partial charge in [0.15, 0.2) is 0 Å². The van der Waals surface area contributed by atoms with E-state index in [1.54, 1.807) is 12.1 Å². The molecule has 1 aliphatic rings. The maximum Gasteiger partial charge on any atom is 0.255 e. The van der Waals surface area contributed by atoms with Crippen LogP contribution in [0.15, 0.2) is 77.7 Å². The zero-order chi connectivity index (χ0) is 20.1. The average Bonchev–Trinajstić information content (AvgIpc) is 2.75. The Balaban J connectivity index is 1.43. The van der Waals surface area contributed by atoms with Gasteiger partial charge in [0, 0.05) is 16.9 Å². The second kappa shape index (κ2) is 8.84. The van der Waals surface area contributed by atoms with Crippen LogP contribution in [-0.2, 0) is 11.2 Å². The topological polar surface area (TPSA) is 67.4 Å². The fraction of sp³-hybridized carbons (Fsp3) is 0.130. The van der Waals surface area contributed by atoms with Crippen molar-refractivity contribution in [2.45, 2.75) is 11.3 Å². The summed E-state index contributed by atoms with van der Waals surface area (Å²) in [5.41, 5.74) is 2.96. The Morgan fingerprint density at radius 1 is 1.03 bits per heavy atom. The number of anilines is 2. The van der Waals surface area contributed by atoms with Gasteiger partial charge in [0.1, 0.15) is 5.75 Å². The second-order valence-corrected chi connectivity index (χ2v) is 7.60. The minimum Gasteiger partial charge on any atom is -0.491 e. The van der Waals surface area contributed by atoms with E-state index in [0.717, 1.165) is 11.3 Å². The molecule has 0 bridgehead atoms. The van der Waals surface area contributed by atoms with Crippen molar-refractivity contribution in [3.8, 4) is 5.75 Å². The third-order valence-corrected chi connectivity index (χ3v) is 5.57. The van der Waals surface area contributed by atoms with Crippen molar-refractivity contribution >= 4 is 35.0 Å². The summed E-state index contributed by atoms with van der Waals surface area (Å²) >= 11 is 1.47. The second-order valence-electron chi connectivity index (χ2n) is 6.58. The molecule has 0 spiro atoms. The van der Waals surface area contributed by atoms with Gasteiger partial charge in [0.05, 0.1) is 23.7 Å². The summed E-state index contributed by atoms with van der Waals surface area (Å²) in [5.74, 6) is 0.708. The van der Waals surface area contributed by atoms with Crippen LogP contribution in [0.2, 0.25) is 0 Å². The van der Waals surface area contributed by atoms with Crippen LogP contribution < -0.4 is 15.4 Å². The van der Waals surface area contributed by atoms with Crippen LogP contribution in [0.5, 0.6) is 5.75 Å². The fourth-order valence-electron chi connectivity index (χ4n) is 3.04. The third kappa shape index (κ3) is 4.78. The quantitative estimate of drug-likeness (QED) is 0.630. The van der Waals surface area contributed by atoms with Crippen LogP contribution >= 0.6 is 11.8 Å². The molecule has 0 unspecified atom stereocenters. The molecule has 3 aromatic rings. The zero-order valence-corrected chi connectivity index (χ0v) is 16.5. The number of rotatable bonds is 6. The van der Waals surface area contributed by atoms with Crippen molar-refractivity contribution in [1.82, 2.24) is 0 Å². The molecule has 0 aliphatic carbocycles. The van der Waals surface area contributed by atoms with Gasteiger partial charge in [0.25, 0.3) is 5.91 Å². The Hall–Kier alpha value is -3.25. The van der Waals surface area contributed by atoms with E-state index in [1.807, 2.05) is 48.5 Å². The minimum absolute atomic E-state index is 0.0581. The first-order valence-corrected chi connectivity index (χ1v) is 10.3. The number of ether oxygens (including phenoxy) is 1. The smallest absolute Gasteiger partial charge is 0.255 e. The molecular weight excluding hydrogens is 384 g/mol. The van der Waals surface area contributed by atoms with Gasteiger partial charge in [-0.2, -0.15) is 0 Å². The van der Waals surface area contributed by atoms with E-state index in [4.69, 9.17) is 4.74 Å². The number of hydrogen-bond acceptors (Lipinski definition) is 4. The Morgan fingerprint density at radius 2 is 1.83 bits per heavy atom. The molecule has 4 rings (SSSR count). The molecule has 0 radical (unpaired) electrons. The highest BCUT2D eigenvalue weighted by molar-refractivity contribution is 8.00. The van der Waals surface area contributed by atoms with Gasteiger partial charge in [0.2, 0.25) is 5.91 Å². The highest BCUT2D eigenvalue weighted by atomic mass is 32.2. The Labute approximate surface area is 173 Å². The van der Waals surface area contributed by atoms with Crippen molar-refractivity contribution in [3.63, 3.8) is 0 Å². The average molecular weight is 404 g/mol. The fourth-order valence-corrected chi connectivity index (χ4v) is 3.83. The SMILES string of the molecule is O=C1CSc2ccc(C(=O)Nc3ccccc3OCCc3ccccc3)cc2N1. The summed E-state index contributed by atoms with van der Waals surface area (Å²) in [6.45, 7) is 0.513. The van der Waals surface area contributed by atoms with E-state index >= 15 is 0 Å². The van der Waals surface area contributed by atoms with E-state index in [9.17, 15) is 9.59 Å². The number of benzene rings is 3. The number of thioether (sulfide) groups is 1. The zero-order valence-electron chi connectivity index (χ0n) is 15.7. The molecule has 146 valence electrons. The molecule has 2 N–H and O–H groups in total. The van der Waals surface area contributed by atoms with Crippen LogP contribution in [0.25, 0.3) is 0 Å². The molecule has 0 atom stereocenters. The molecule has 0 aromatic heterocycles. The predicted molar refractivity (Wildman–Crippen MR) is 116 cm³/mol. The van der Waals surface area contributed by atoms with Gasteiger partial charge in [-0.15, -0.1) is 11.8 Å². The Kier molecular flexibility index (Phi) is 5.81. The molecule has 1 heterocycles. The lowest BCUT2D eigenvalue weighted by Crippen LogP contribution is -2.20. The maximum absolute atomic E-state index is 12.7. The summed E-state index contributed by atoms with van der Waals surface area (Å²) in [4.78, 5) is 25.3. The van der Waals surface area contributed by atoms with Crippen molar-refractivity contribution in [1.29, 1.82) is 0 Å². The molecule has 0 saturated carbocycles. The van der Waals surface area contributed by atoms with Gasteiger partial charge in [-0.25, -0.2) is 0 Å². The first-order chi connectivity index (χ1) is 14.2. The summed E-state index contributed by atoms with van der Waals surface area (Å²) < 4.78 is 5.91. The molecule has 5 nitrogen and oxygen atoms in total. The molecule has 2 amide bonds. The molecule has 0 saturated heterocycles. The monoisotopic (exact) mass is 404 g/mol. The summed E-state index contributed by atoms with van der Waals surface area (Å²) in [6, 6.07) is 22.8. The molecule has 3 aromatic carbocycles. The number of carbonyl (C=O) groups is 2. The van der Waals surface area contributed by atoms with Crippen LogP contribution in [0, 0.1) is 0 Å². The number of fused-ring (bicyclic) bond motifs is 1. The molecule has 6 heteroatoms. The predicted octanol–water partition coefficient (Wildman–Crippen LogP) is 4.60. The lowest BCUT2D eigenvalue weighted by molar-refractivity contribution is -0.113. The lowest BCUT2D eigenvalue weighted by atomic mass is 10.1. The lowest BCUT2D eigenvalue weighted by Gasteiger charge is -2.17. The molecule has 29 heavy (non-hydrogen) atoms. The summed E-state index contributed by atoms with van der Waals surface area (Å²) in [5, 5.41) is 5.72. The minimum atomic E-state index is -0.253. The van der Waals surface area contributed by atoms with Gasteiger partial charge in [-0.05, 0) is 35.9 Å². The highest BCUT2D eigenvalue weighted by Crippen LogP contribution is 2.32. The van der Waals surface area contributed by atoms with Crippen molar-refractivity contribution in [2.24, 2.45) is 0 Å². The largest absolute Gasteiger partial charge is 0.491 e. The summed E-state index contributed by atoms with van der Waals surface area (Å²) in [7, 11) is 0. The molecular formula is C23H20N2O3S. The van der Waals surface area contributed by atoms with Crippen LogP contribution in [0.4, 0.5) is 11.4 Å². The third-order valence-electron chi connectivity index (χ3n) is 4.50. The molecule has 0 fully saturated rings. The van der Waals surface area contributed by atoms with Crippen LogP contribution in [0.3, 0.4) is 0 Å². The normalized spacial score (nSPS) is 12.6. The van der Waals surface area contributed by atoms with Crippen molar-refractivity contribution in [2.75, 3.05) is 23.0 Å². The number of nitrogens with one attached hydrogen (secondary N) is 2. The van der Waals surface area contributed by atoms with Crippen molar-refractivity contribution < 1.29 is 14.3 Å². The van der Waals surface area contributed by atoms with Gasteiger partial charge in [-0.1, -0.05) is 42.5 Å². The standard InChI is InChI=1S/C23H20N2O3S/c26-22-15-29-21-11-10-17(14-19(21)24-22)23(27)25-18-8-4-5-9-20(18)28-13-12-16-6-2-1-3-7-16/h1-11,14H,12-13,15H2,(H,24,26)(H,25,27). The number of para-hydroxylation sites is 2.